The summed E-state index contributed by atoms with van der Waals surface area (Å²) in [5.74, 6) is 1.34. The largest absolute Gasteiger partial charge is 0.489 e. The lowest BCUT2D eigenvalue weighted by Crippen LogP contribution is -2.26. The van der Waals surface area contributed by atoms with Crippen LogP contribution < -0.4 is 15.2 Å². The Balaban J connectivity index is 3.02. The van der Waals surface area contributed by atoms with Crippen molar-refractivity contribution in [3.8, 4) is 5.75 Å². The molecule has 0 unspecified atom stereocenters. The summed E-state index contributed by atoms with van der Waals surface area (Å²) in [6, 6.07) is 0. The Labute approximate surface area is 89.1 Å². The minimum atomic E-state index is -0.252. The van der Waals surface area contributed by atoms with E-state index in [1.54, 1.807) is 0 Å². The van der Waals surface area contributed by atoms with Crippen LogP contribution in [-0.2, 0) is 0 Å². The zero-order chi connectivity index (χ0) is 11.4. The van der Waals surface area contributed by atoms with E-state index in [-0.39, 0.29) is 11.3 Å². The van der Waals surface area contributed by atoms with Gasteiger partial charge >= 0.3 is 0 Å². The van der Waals surface area contributed by atoms with Gasteiger partial charge in [0.25, 0.3) is 5.56 Å². The molecule has 0 aliphatic heterocycles. The van der Waals surface area contributed by atoms with Gasteiger partial charge < -0.3 is 14.6 Å². The van der Waals surface area contributed by atoms with Crippen molar-refractivity contribution < 1.29 is 4.74 Å². The van der Waals surface area contributed by atoms with E-state index in [1.165, 1.54) is 13.4 Å². The summed E-state index contributed by atoms with van der Waals surface area (Å²) in [6.07, 6.45) is 1.39. The smallest absolute Gasteiger partial charge is 0.295 e. The number of rotatable bonds is 4. The number of nitrogens with zero attached hydrogens (tertiary/aromatic N) is 2. The van der Waals surface area contributed by atoms with E-state index in [2.05, 4.69) is 23.8 Å². The Morgan fingerprint density at radius 3 is 2.80 bits per heavy atom. The normalized spacial score (nSPS) is 10.5. The van der Waals surface area contributed by atoms with Gasteiger partial charge in [-0.2, -0.15) is 0 Å². The number of H-pyrrole nitrogens is 1. The summed E-state index contributed by atoms with van der Waals surface area (Å²) in [5.41, 5.74) is -0.252. The van der Waals surface area contributed by atoms with Crippen LogP contribution in [0.25, 0.3) is 0 Å². The van der Waals surface area contributed by atoms with E-state index in [4.69, 9.17) is 4.74 Å². The summed E-state index contributed by atoms with van der Waals surface area (Å²) in [6.45, 7) is 5.04. The highest BCUT2D eigenvalue weighted by molar-refractivity contribution is 5.49. The molecule has 1 aromatic rings. The SMILES string of the molecule is COc1c(N(C)CC(C)C)nc[nH]c1=O. The minimum Gasteiger partial charge on any atom is -0.489 e. The van der Waals surface area contributed by atoms with Crippen LogP contribution in [0.15, 0.2) is 11.1 Å². The fourth-order valence-electron chi connectivity index (χ4n) is 1.47. The molecule has 1 heterocycles. The molecule has 1 N–H and O–H groups in total. The Morgan fingerprint density at radius 1 is 1.60 bits per heavy atom. The fraction of sp³-hybridized carbons (Fsp3) is 0.600. The molecule has 0 aliphatic carbocycles. The molecule has 5 nitrogen and oxygen atoms in total. The van der Waals surface area contributed by atoms with Gasteiger partial charge in [0.05, 0.1) is 13.4 Å². The standard InChI is InChI=1S/C10H17N3O2/c1-7(2)5-13(3)9-8(15-4)10(14)12-6-11-9/h6-7H,5H2,1-4H3,(H,11,12,14). The van der Waals surface area contributed by atoms with Gasteiger partial charge in [-0.15, -0.1) is 0 Å². The molecule has 0 saturated heterocycles. The first-order valence-electron chi connectivity index (χ1n) is 4.89. The van der Waals surface area contributed by atoms with E-state index < -0.39 is 0 Å². The minimum absolute atomic E-state index is 0.252. The number of methoxy groups -OCH3 is 1. The molecule has 0 radical (unpaired) electrons. The van der Waals surface area contributed by atoms with Gasteiger partial charge in [0, 0.05) is 13.6 Å². The molecule has 0 aromatic carbocycles. The van der Waals surface area contributed by atoms with Crippen LogP contribution in [0.1, 0.15) is 13.8 Å². The highest BCUT2D eigenvalue weighted by Gasteiger charge is 2.13. The predicted octanol–water partition coefficient (Wildman–Crippen LogP) is 0.871. The summed E-state index contributed by atoms with van der Waals surface area (Å²) >= 11 is 0. The maximum Gasteiger partial charge on any atom is 0.295 e. The molecule has 5 heteroatoms. The number of ether oxygens (including phenoxy) is 1. The van der Waals surface area contributed by atoms with Crippen molar-refractivity contribution in [1.82, 2.24) is 9.97 Å². The molecule has 0 bridgehead atoms. The zero-order valence-electron chi connectivity index (χ0n) is 9.57. The van der Waals surface area contributed by atoms with Crippen molar-refractivity contribution in [2.24, 2.45) is 5.92 Å². The van der Waals surface area contributed by atoms with E-state index in [1.807, 2.05) is 11.9 Å². The molecule has 1 aromatic heterocycles. The monoisotopic (exact) mass is 211 g/mol. The summed E-state index contributed by atoms with van der Waals surface area (Å²) in [5, 5.41) is 0. The average molecular weight is 211 g/mol. The molecule has 0 saturated carbocycles. The number of nitrogens with one attached hydrogen (secondary N) is 1. The first-order valence-corrected chi connectivity index (χ1v) is 4.89. The number of aromatic amines is 1. The molecule has 1 rings (SSSR count). The first kappa shape index (κ1) is 11.6. The van der Waals surface area contributed by atoms with Crippen LogP contribution in [0.2, 0.25) is 0 Å². The van der Waals surface area contributed by atoms with Gasteiger partial charge in [0.15, 0.2) is 5.82 Å². The molecule has 0 aliphatic rings. The van der Waals surface area contributed by atoms with Gasteiger partial charge in [-0.3, -0.25) is 4.79 Å². The molecule has 0 amide bonds. The van der Waals surface area contributed by atoms with Crippen LogP contribution in [-0.4, -0.2) is 30.7 Å². The first-order chi connectivity index (χ1) is 7.06. The van der Waals surface area contributed by atoms with Crippen LogP contribution in [0.4, 0.5) is 5.82 Å². The van der Waals surface area contributed by atoms with Crippen LogP contribution in [0.5, 0.6) is 5.75 Å². The Kier molecular flexibility index (Phi) is 3.71. The van der Waals surface area contributed by atoms with E-state index >= 15 is 0 Å². The molecule has 15 heavy (non-hydrogen) atoms. The third kappa shape index (κ3) is 2.71. The van der Waals surface area contributed by atoms with Gasteiger partial charge in [-0.1, -0.05) is 13.8 Å². The van der Waals surface area contributed by atoms with E-state index in [9.17, 15) is 4.79 Å². The van der Waals surface area contributed by atoms with E-state index in [0.717, 1.165) is 6.54 Å². The maximum absolute atomic E-state index is 11.4. The molecule has 0 fully saturated rings. The lowest BCUT2D eigenvalue weighted by atomic mass is 10.2. The van der Waals surface area contributed by atoms with Crippen molar-refractivity contribution in [3.63, 3.8) is 0 Å². The highest BCUT2D eigenvalue weighted by Crippen LogP contribution is 2.19. The lowest BCUT2D eigenvalue weighted by Gasteiger charge is -2.21. The zero-order valence-corrected chi connectivity index (χ0v) is 9.57. The molecule has 84 valence electrons. The van der Waals surface area contributed by atoms with Crippen molar-refractivity contribution in [2.45, 2.75) is 13.8 Å². The average Bonchev–Trinajstić information content (AvgIpc) is 2.16. The van der Waals surface area contributed by atoms with Crippen molar-refractivity contribution in [3.05, 3.63) is 16.7 Å². The molecular weight excluding hydrogens is 194 g/mol. The number of hydrogen-bond acceptors (Lipinski definition) is 4. The summed E-state index contributed by atoms with van der Waals surface area (Å²) < 4.78 is 5.03. The number of hydrogen-bond donors (Lipinski definition) is 1. The number of aromatic nitrogens is 2. The van der Waals surface area contributed by atoms with Crippen molar-refractivity contribution in [2.75, 3.05) is 25.6 Å². The van der Waals surface area contributed by atoms with Gasteiger partial charge in [0.2, 0.25) is 5.75 Å². The third-order valence-corrected chi connectivity index (χ3v) is 2.00. The van der Waals surface area contributed by atoms with Crippen LogP contribution in [0.3, 0.4) is 0 Å². The predicted molar refractivity (Wildman–Crippen MR) is 59.5 cm³/mol. The lowest BCUT2D eigenvalue weighted by molar-refractivity contribution is 0.405. The van der Waals surface area contributed by atoms with E-state index in [0.29, 0.717) is 11.7 Å². The highest BCUT2D eigenvalue weighted by atomic mass is 16.5. The Hall–Kier alpha value is -1.52. The molecule has 0 atom stereocenters. The third-order valence-electron chi connectivity index (χ3n) is 2.00. The second kappa shape index (κ2) is 4.82. The number of anilines is 1. The Morgan fingerprint density at radius 2 is 2.27 bits per heavy atom. The summed E-state index contributed by atoms with van der Waals surface area (Å²) in [7, 11) is 3.36. The topological polar surface area (TPSA) is 58.2 Å². The molecular formula is C10H17N3O2. The van der Waals surface area contributed by atoms with Crippen molar-refractivity contribution in [1.29, 1.82) is 0 Å². The van der Waals surface area contributed by atoms with Crippen LogP contribution in [0, 0.1) is 5.92 Å². The maximum atomic E-state index is 11.4. The van der Waals surface area contributed by atoms with Gasteiger partial charge in [-0.25, -0.2) is 4.98 Å². The summed E-state index contributed by atoms with van der Waals surface area (Å²) in [4.78, 5) is 19.9. The fourth-order valence-corrected chi connectivity index (χ4v) is 1.47. The molecule has 0 spiro atoms. The Bertz CT molecular complexity index is 373. The van der Waals surface area contributed by atoms with Crippen LogP contribution >= 0.6 is 0 Å². The second-order valence-corrected chi connectivity index (χ2v) is 3.86. The van der Waals surface area contributed by atoms with Crippen molar-refractivity contribution >= 4 is 5.82 Å². The van der Waals surface area contributed by atoms with Gasteiger partial charge in [0.1, 0.15) is 0 Å². The second-order valence-electron chi connectivity index (χ2n) is 3.86. The van der Waals surface area contributed by atoms with Gasteiger partial charge in [-0.05, 0) is 5.92 Å². The quantitative estimate of drug-likeness (QED) is 0.803.